The van der Waals surface area contributed by atoms with Crippen molar-refractivity contribution >= 4 is 27.5 Å². The summed E-state index contributed by atoms with van der Waals surface area (Å²) in [7, 11) is -2.64. The van der Waals surface area contributed by atoms with Gasteiger partial charge in [-0.05, 0) is 25.1 Å². The summed E-state index contributed by atoms with van der Waals surface area (Å²) >= 11 is 0. The van der Waals surface area contributed by atoms with Gasteiger partial charge in [0.05, 0.1) is 24.2 Å². The molecule has 166 valence electrons. The van der Waals surface area contributed by atoms with Gasteiger partial charge >= 0.3 is 0 Å². The summed E-state index contributed by atoms with van der Waals surface area (Å²) in [4.78, 5) is 29.3. The van der Waals surface area contributed by atoms with Gasteiger partial charge in [0.15, 0.2) is 0 Å². The van der Waals surface area contributed by atoms with Crippen LogP contribution >= 0.6 is 0 Å². The Bertz CT molecular complexity index is 1270. The fourth-order valence-electron chi connectivity index (χ4n) is 3.24. The topological polar surface area (TPSA) is 132 Å². The Morgan fingerprint density at radius 3 is 2.44 bits per heavy atom. The lowest BCUT2D eigenvalue weighted by Gasteiger charge is -2.18. The molecule has 1 aliphatic heterocycles. The zero-order valence-corrected chi connectivity index (χ0v) is 18.2. The molecule has 2 aromatic carbocycles. The molecule has 0 radical (unpaired) electrons. The summed E-state index contributed by atoms with van der Waals surface area (Å²) in [5.41, 5.74) is 1.91. The van der Waals surface area contributed by atoms with Gasteiger partial charge in [-0.3, -0.25) is 9.59 Å². The number of amides is 2. The normalized spacial score (nSPS) is 14.2. The number of nitrogens with zero attached hydrogens (tertiary/aromatic N) is 3. The van der Waals surface area contributed by atoms with Crippen molar-refractivity contribution in [1.29, 1.82) is 0 Å². The van der Waals surface area contributed by atoms with Crippen LogP contribution in [0.4, 0.5) is 5.69 Å². The third kappa shape index (κ3) is 4.25. The van der Waals surface area contributed by atoms with Crippen molar-refractivity contribution in [2.75, 3.05) is 12.0 Å². The molecule has 1 N–H and O–H groups in total. The first kappa shape index (κ1) is 21.7. The largest absolute Gasteiger partial charge is 0.495 e. The minimum atomic E-state index is -4.01. The number of anilines is 1. The maximum Gasteiger partial charge on any atom is 0.242 e. The monoisotopic (exact) mass is 456 g/mol. The molecule has 2 heterocycles. The van der Waals surface area contributed by atoms with Crippen molar-refractivity contribution < 1.29 is 27.3 Å². The molecule has 3 aromatic rings. The number of nitrogens with one attached hydrogen (secondary N) is 1. The van der Waals surface area contributed by atoms with E-state index in [2.05, 4.69) is 14.9 Å². The first-order valence-electron chi connectivity index (χ1n) is 9.71. The van der Waals surface area contributed by atoms with Gasteiger partial charge in [-0.2, -0.15) is 4.98 Å². The molecule has 10 nitrogen and oxygen atoms in total. The number of methoxy groups -OCH3 is 1. The molecule has 0 unspecified atom stereocenters. The Kier molecular flexibility index (Phi) is 5.76. The summed E-state index contributed by atoms with van der Waals surface area (Å²) in [6.45, 7) is 1.73. The summed E-state index contributed by atoms with van der Waals surface area (Å²) in [6, 6.07) is 11.4. The highest BCUT2D eigenvalue weighted by Gasteiger charge is 2.33. The lowest BCUT2D eigenvalue weighted by Crippen LogP contribution is -2.29. The van der Waals surface area contributed by atoms with Crippen molar-refractivity contribution in [3.05, 3.63) is 53.9 Å². The number of hydrogen-bond acceptors (Lipinski definition) is 8. The molecule has 32 heavy (non-hydrogen) atoms. The second-order valence-electron chi connectivity index (χ2n) is 7.16. The van der Waals surface area contributed by atoms with Crippen molar-refractivity contribution in [1.82, 2.24) is 14.9 Å². The molecular weight excluding hydrogens is 436 g/mol. The number of rotatable bonds is 7. The van der Waals surface area contributed by atoms with E-state index in [0.29, 0.717) is 5.82 Å². The van der Waals surface area contributed by atoms with Gasteiger partial charge in [0.2, 0.25) is 33.6 Å². The van der Waals surface area contributed by atoms with Gasteiger partial charge in [-0.15, -0.1) is 0 Å². The van der Waals surface area contributed by atoms with Crippen LogP contribution in [0.5, 0.6) is 5.75 Å². The van der Waals surface area contributed by atoms with E-state index in [1.54, 1.807) is 0 Å². The van der Waals surface area contributed by atoms with E-state index in [0.717, 1.165) is 16.0 Å². The van der Waals surface area contributed by atoms with Crippen LogP contribution in [0.3, 0.4) is 0 Å². The Balaban J connectivity index is 1.54. The second-order valence-corrected chi connectivity index (χ2v) is 8.93. The number of carbonyl (C=O) groups is 2. The average molecular weight is 456 g/mol. The molecule has 4 rings (SSSR count). The first-order valence-corrected chi connectivity index (χ1v) is 11.2. The van der Waals surface area contributed by atoms with E-state index in [-0.39, 0.29) is 41.6 Å². The number of carbonyl (C=O) groups excluding carboxylic acids is 2. The number of ether oxygens (including phenoxy) is 1. The molecule has 0 aliphatic carbocycles. The third-order valence-electron chi connectivity index (χ3n) is 4.94. The molecule has 1 aromatic heterocycles. The van der Waals surface area contributed by atoms with Crippen molar-refractivity contribution in [3.63, 3.8) is 0 Å². The molecule has 2 amide bonds. The van der Waals surface area contributed by atoms with Crippen LogP contribution in [-0.4, -0.2) is 37.5 Å². The van der Waals surface area contributed by atoms with Gasteiger partial charge < -0.3 is 9.26 Å². The Morgan fingerprint density at radius 1 is 1.09 bits per heavy atom. The molecule has 1 fully saturated rings. The molecule has 1 saturated heterocycles. The van der Waals surface area contributed by atoms with E-state index in [4.69, 9.17) is 9.26 Å². The summed E-state index contributed by atoms with van der Waals surface area (Å²) < 4.78 is 38.4. The van der Waals surface area contributed by atoms with Crippen LogP contribution in [0.15, 0.2) is 51.9 Å². The van der Waals surface area contributed by atoms with Crippen LogP contribution in [0.1, 0.15) is 24.3 Å². The Hall–Kier alpha value is -3.57. The Morgan fingerprint density at radius 2 is 1.78 bits per heavy atom. The number of hydrogen-bond donors (Lipinski definition) is 1. The molecule has 1 aliphatic rings. The average Bonchev–Trinajstić information content (AvgIpc) is 3.39. The quantitative estimate of drug-likeness (QED) is 0.535. The predicted molar refractivity (Wildman–Crippen MR) is 113 cm³/mol. The molecular formula is C21H20N4O6S. The van der Waals surface area contributed by atoms with E-state index in [1.807, 2.05) is 31.2 Å². The van der Waals surface area contributed by atoms with Gasteiger partial charge in [-0.1, -0.05) is 35.0 Å². The molecule has 0 saturated carbocycles. The summed E-state index contributed by atoms with van der Waals surface area (Å²) in [5, 5.41) is 3.88. The van der Waals surface area contributed by atoms with Gasteiger partial charge in [-0.25, -0.2) is 18.0 Å². The second kappa shape index (κ2) is 8.52. The van der Waals surface area contributed by atoms with Gasteiger partial charge in [0, 0.05) is 18.4 Å². The van der Waals surface area contributed by atoms with E-state index >= 15 is 0 Å². The SMILES string of the molecule is COc1ccc(S(=O)(=O)NCc2nc(-c3ccc(C)cc3)no2)cc1N1C(=O)CCC1=O. The van der Waals surface area contributed by atoms with Crippen LogP contribution in [-0.2, 0) is 26.2 Å². The zero-order valence-electron chi connectivity index (χ0n) is 17.4. The highest BCUT2D eigenvalue weighted by atomic mass is 32.2. The summed E-state index contributed by atoms with van der Waals surface area (Å²) in [5.74, 6) is -0.178. The Labute approximate surface area is 184 Å². The lowest BCUT2D eigenvalue weighted by molar-refractivity contribution is -0.121. The van der Waals surface area contributed by atoms with Crippen molar-refractivity contribution in [3.8, 4) is 17.1 Å². The number of aromatic nitrogens is 2. The lowest BCUT2D eigenvalue weighted by atomic mass is 10.1. The highest BCUT2D eigenvalue weighted by molar-refractivity contribution is 7.89. The van der Waals surface area contributed by atoms with Gasteiger partial charge in [0.25, 0.3) is 0 Å². The van der Waals surface area contributed by atoms with Crippen molar-refractivity contribution in [2.24, 2.45) is 0 Å². The molecule has 0 atom stereocenters. The number of benzene rings is 2. The number of aryl methyl sites for hydroxylation is 1. The maximum absolute atomic E-state index is 12.8. The highest BCUT2D eigenvalue weighted by Crippen LogP contribution is 2.34. The zero-order chi connectivity index (χ0) is 22.9. The predicted octanol–water partition coefficient (Wildman–Crippen LogP) is 2.19. The fourth-order valence-corrected chi connectivity index (χ4v) is 4.24. The van der Waals surface area contributed by atoms with Crippen LogP contribution < -0.4 is 14.4 Å². The number of imide groups is 1. The van der Waals surface area contributed by atoms with Crippen LogP contribution in [0.25, 0.3) is 11.4 Å². The van der Waals surface area contributed by atoms with Crippen LogP contribution in [0.2, 0.25) is 0 Å². The summed E-state index contributed by atoms with van der Waals surface area (Å²) in [6.07, 6.45) is 0.134. The van der Waals surface area contributed by atoms with E-state index < -0.39 is 21.8 Å². The number of sulfonamides is 1. The van der Waals surface area contributed by atoms with Crippen molar-refractivity contribution in [2.45, 2.75) is 31.2 Å². The van der Waals surface area contributed by atoms with Gasteiger partial charge in [0.1, 0.15) is 5.75 Å². The minimum absolute atomic E-state index is 0.0672. The molecule has 0 spiro atoms. The minimum Gasteiger partial charge on any atom is -0.495 e. The first-order chi connectivity index (χ1) is 15.3. The molecule has 11 heteroatoms. The molecule has 0 bridgehead atoms. The van der Waals surface area contributed by atoms with E-state index in [9.17, 15) is 18.0 Å². The standard InChI is InChI=1S/C21H20N4O6S/c1-13-3-5-14(6-4-13)21-23-18(31-24-21)12-22-32(28,29)15-7-8-17(30-2)16(11-15)25-19(26)9-10-20(25)27/h3-8,11,22H,9-10,12H2,1-2H3. The smallest absolute Gasteiger partial charge is 0.242 e. The fraction of sp³-hybridized carbons (Fsp3) is 0.238. The van der Waals surface area contributed by atoms with E-state index in [1.165, 1.54) is 25.3 Å². The van der Waals surface area contributed by atoms with Crippen LogP contribution in [0, 0.1) is 6.92 Å². The third-order valence-corrected chi connectivity index (χ3v) is 6.34. The maximum atomic E-state index is 12.8.